The van der Waals surface area contributed by atoms with Gasteiger partial charge in [0.25, 0.3) is 5.89 Å². The minimum atomic E-state index is -0.662. The molecule has 3 aromatic rings. The Morgan fingerprint density at radius 2 is 2.00 bits per heavy atom. The molecular weight excluding hydrogens is 367 g/mol. The predicted octanol–water partition coefficient (Wildman–Crippen LogP) is 3.65. The lowest BCUT2D eigenvalue weighted by molar-refractivity contribution is -0.139. The van der Waals surface area contributed by atoms with Crippen molar-refractivity contribution in [2.75, 3.05) is 14.2 Å². The number of aromatic nitrogens is 2. The first-order chi connectivity index (χ1) is 13.6. The molecule has 7 nitrogen and oxygen atoms in total. The molecule has 1 heterocycles. The van der Waals surface area contributed by atoms with Crippen LogP contribution in [0.1, 0.15) is 11.5 Å². The molecule has 8 heteroatoms. The van der Waals surface area contributed by atoms with E-state index in [0.717, 1.165) is 6.08 Å². The van der Waals surface area contributed by atoms with E-state index >= 15 is 0 Å². The fourth-order valence-corrected chi connectivity index (χ4v) is 2.36. The number of methoxy groups -OCH3 is 2. The monoisotopic (exact) mass is 384 g/mol. The maximum Gasteiger partial charge on any atom is 0.331 e. The fourth-order valence-electron chi connectivity index (χ4n) is 2.36. The number of hydrogen-bond donors (Lipinski definition) is 0. The van der Waals surface area contributed by atoms with Crippen LogP contribution in [-0.4, -0.2) is 30.3 Å². The summed E-state index contributed by atoms with van der Waals surface area (Å²) in [4.78, 5) is 16.0. The first kappa shape index (κ1) is 19.1. The molecule has 0 spiro atoms. The van der Waals surface area contributed by atoms with Gasteiger partial charge in [-0.25, -0.2) is 9.18 Å². The molecule has 0 bridgehead atoms. The maximum absolute atomic E-state index is 13.5. The summed E-state index contributed by atoms with van der Waals surface area (Å²) in [6.45, 7) is -0.216. The van der Waals surface area contributed by atoms with Gasteiger partial charge in [-0.3, -0.25) is 0 Å². The third kappa shape index (κ3) is 4.53. The summed E-state index contributed by atoms with van der Waals surface area (Å²) in [5, 5.41) is 3.87. The predicted molar refractivity (Wildman–Crippen MR) is 98.1 cm³/mol. The number of ether oxygens (including phenoxy) is 3. The van der Waals surface area contributed by atoms with Crippen molar-refractivity contribution < 1.29 is 27.9 Å². The minimum absolute atomic E-state index is 0.112. The second kappa shape index (κ2) is 8.81. The molecule has 3 rings (SSSR count). The van der Waals surface area contributed by atoms with Crippen LogP contribution in [0.25, 0.3) is 17.5 Å². The van der Waals surface area contributed by atoms with Crippen molar-refractivity contribution in [3.8, 4) is 22.9 Å². The largest absolute Gasteiger partial charge is 0.497 e. The lowest BCUT2D eigenvalue weighted by Crippen LogP contribution is -2.01. The smallest absolute Gasteiger partial charge is 0.331 e. The summed E-state index contributed by atoms with van der Waals surface area (Å²) < 4.78 is 34.1. The summed E-state index contributed by atoms with van der Waals surface area (Å²) in [5.74, 6) is 0.441. The Morgan fingerprint density at radius 1 is 1.18 bits per heavy atom. The van der Waals surface area contributed by atoms with Crippen LogP contribution in [0.3, 0.4) is 0 Å². The number of carbonyl (C=O) groups is 1. The zero-order chi connectivity index (χ0) is 19.9. The summed E-state index contributed by atoms with van der Waals surface area (Å²) in [5.41, 5.74) is 0.884. The second-order valence-electron chi connectivity index (χ2n) is 5.54. The third-order valence-corrected chi connectivity index (χ3v) is 3.76. The molecule has 144 valence electrons. The fraction of sp³-hybridized carbons (Fsp3) is 0.150. The van der Waals surface area contributed by atoms with Crippen LogP contribution in [0.4, 0.5) is 4.39 Å². The molecule has 1 aromatic heterocycles. The van der Waals surface area contributed by atoms with Crippen LogP contribution in [-0.2, 0) is 16.1 Å². The molecule has 0 aliphatic carbocycles. The van der Waals surface area contributed by atoms with Gasteiger partial charge in [-0.15, -0.1) is 0 Å². The second-order valence-corrected chi connectivity index (χ2v) is 5.54. The third-order valence-electron chi connectivity index (χ3n) is 3.76. The molecule has 0 fully saturated rings. The Morgan fingerprint density at radius 3 is 2.75 bits per heavy atom. The van der Waals surface area contributed by atoms with Gasteiger partial charge in [0.2, 0.25) is 5.82 Å². The van der Waals surface area contributed by atoms with E-state index in [2.05, 4.69) is 10.1 Å². The Balaban J connectivity index is 1.64. The molecule has 0 N–H and O–H groups in total. The Bertz CT molecular complexity index is 1000. The van der Waals surface area contributed by atoms with Crippen LogP contribution < -0.4 is 9.47 Å². The van der Waals surface area contributed by atoms with Crippen molar-refractivity contribution in [2.45, 2.75) is 6.61 Å². The van der Waals surface area contributed by atoms with Crippen LogP contribution in [0.2, 0.25) is 0 Å². The van der Waals surface area contributed by atoms with Crippen LogP contribution >= 0.6 is 0 Å². The quantitative estimate of drug-likeness (QED) is 0.454. The molecule has 0 amide bonds. The number of nitrogens with zero attached hydrogens (tertiary/aromatic N) is 2. The van der Waals surface area contributed by atoms with Crippen molar-refractivity contribution in [2.24, 2.45) is 0 Å². The molecule has 2 aromatic carbocycles. The summed E-state index contributed by atoms with van der Waals surface area (Å²) in [7, 11) is 3.07. The SMILES string of the molecule is COc1ccc(-c2noc(COC(=O)/C=C/c3ccccc3F)n2)c(OC)c1. The van der Waals surface area contributed by atoms with Gasteiger partial charge in [-0.2, -0.15) is 4.98 Å². The Hall–Kier alpha value is -3.68. The van der Waals surface area contributed by atoms with E-state index in [4.69, 9.17) is 18.7 Å². The van der Waals surface area contributed by atoms with Gasteiger partial charge in [0, 0.05) is 17.7 Å². The van der Waals surface area contributed by atoms with E-state index in [1.54, 1.807) is 43.5 Å². The van der Waals surface area contributed by atoms with Gasteiger partial charge in [0.15, 0.2) is 6.61 Å². The van der Waals surface area contributed by atoms with E-state index in [0.29, 0.717) is 17.1 Å². The van der Waals surface area contributed by atoms with Gasteiger partial charge in [0.1, 0.15) is 17.3 Å². The number of hydrogen-bond acceptors (Lipinski definition) is 7. The molecule has 0 aliphatic rings. The molecule has 0 radical (unpaired) electrons. The number of halogens is 1. The molecule has 0 aliphatic heterocycles. The lowest BCUT2D eigenvalue weighted by Gasteiger charge is -2.07. The standard InChI is InChI=1S/C20H17FN2O5/c1-25-14-8-9-15(17(11-14)26-2)20-22-18(28-23-20)12-27-19(24)10-7-13-5-3-4-6-16(13)21/h3-11H,12H2,1-2H3/b10-7+. The average Bonchev–Trinajstić information content (AvgIpc) is 3.20. The number of carbonyl (C=O) groups excluding carboxylic acids is 1. The van der Waals surface area contributed by atoms with E-state index in [1.165, 1.54) is 19.3 Å². The van der Waals surface area contributed by atoms with Crippen LogP contribution in [0.5, 0.6) is 11.5 Å². The van der Waals surface area contributed by atoms with Crippen molar-refractivity contribution in [1.82, 2.24) is 10.1 Å². The first-order valence-electron chi connectivity index (χ1n) is 8.25. The number of rotatable bonds is 7. The molecular formula is C20H17FN2O5. The molecule has 0 saturated carbocycles. The number of benzene rings is 2. The van der Waals surface area contributed by atoms with Crippen LogP contribution in [0.15, 0.2) is 53.1 Å². The van der Waals surface area contributed by atoms with Crippen molar-refractivity contribution in [3.63, 3.8) is 0 Å². The van der Waals surface area contributed by atoms with Crippen molar-refractivity contribution >= 4 is 12.0 Å². The normalized spacial score (nSPS) is 10.8. The van der Waals surface area contributed by atoms with E-state index in [9.17, 15) is 9.18 Å². The average molecular weight is 384 g/mol. The molecule has 28 heavy (non-hydrogen) atoms. The van der Waals surface area contributed by atoms with Gasteiger partial charge in [-0.1, -0.05) is 23.4 Å². The highest BCUT2D eigenvalue weighted by Gasteiger charge is 2.15. The van der Waals surface area contributed by atoms with E-state index in [1.807, 2.05) is 0 Å². The van der Waals surface area contributed by atoms with Gasteiger partial charge < -0.3 is 18.7 Å². The van der Waals surface area contributed by atoms with Crippen molar-refractivity contribution in [3.05, 3.63) is 65.8 Å². The lowest BCUT2D eigenvalue weighted by atomic mass is 10.2. The van der Waals surface area contributed by atoms with E-state index in [-0.39, 0.29) is 23.9 Å². The molecule has 0 saturated heterocycles. The van der Waals surface area contributed by atoms with Crippen LogP contribution in [0, 0.1) is 5.82 Å². The number of esters is 1. The van der Waals surface area contributed by atoms with Gasteiger partial charge >= 0.3 is 5.97 Å². The summed E-state index contributed by atoms with van der Waals surface area (Å²) in [6.07, 6.45) is 2.46. The minimum Gasteiger partial charge on any atom is -0.497 e. The molecule has 0 unspecified atom stereocenters. The Kier molecular flexibility index (Phi) is 6.01. The van der Waals surface area contributed by atoms with Gasteiger partial charge in [-0.05, 0) is 24.3 Å². The van der Waals surface area contributed by atoms with Crippen molar-refractivity contribution in [1.29, 1.82) is 0 Å². The zero-order valence-corrected chi connectivity index (χ0v) is 15.2. The van der Waals surface area contributed by atoms with E-state index < -0.39 is 11.8 Å². The first-order valence-corrected chi connectivity index (χ1v) is 8.25. The maximum atomic E-state index is 13.5. The highest BCUT2D eigenvalue weighted by molar-refractivity contribution is 5.87. The highest BCUT2D eigenvalue weighted by Crippen LogP contribution is 2.31. The molecule has 0 atom stereocenters. The highest BCUT2D eigenvalue weighted by atomic mass is 19.1. The van der Waals surface area contributed by atoms with Gasteiger partial charge in [0.05, 0.1) is 19.8 Å². The summed E-state index contributed by atoms with van der Waals surface area (Å²) >= 11 is 0. The zero-order valence-electron chi connectivity index (χ0n) is 15.2. The topological polar surface area (TPSA) is 83.7 Å². The summed E-state index contributed by atoms with van der Waals surface area (Å²) in [6, 6.07) is 11.2. The Labute approximate surface area is 160 Å².